The van der Waals surface area contributed by atoms with Crippen LogP contribution in [0.15, 0.2) is 41.3 Å². The maximum Gasteiger partial charge on any atom is 0.181 e. The molecular formula is C17H22N2O. The smallest absolute Gasteiger partial charge is 0.181 e. The Balaban J connectivity index is 1.77. The fourth-order valence-electron chi connectivity index (χ4n) is 3.42. The van der Waals surface area contributed by atoms with E-state index in [-0.39, 0.29) is 0 Å². The molecule has 3 rings (SSSR count). The molecule has 1 aliphatic carbocycles. The lowest BCUT2D eigenvalue weighted by atomic mass is 9.91. The normalized spacial score (nSPS) is 24.8. The fourth-order valence-corrected chi connectivity index (χ4v) is 3.42. The highest BCUT2D eigenvalue weighted by atomic mass is 16.3. The van der Waals surface area contributed by atoms with Gasteiger partial charge >= 0.3 is 0 Å². The maximum atomic E-state index is 5.36. The Morgan fingerprint density at radius 2 is 2.15 bits per heavy atom. The average Bonchev–Trinajstić information content (AvgIpc) is 2.98. The SMILES string of the molecule is CC1CC(C)(C)CC1Nc1cccc(-c2cnco2)c1. The van der Waals surface area contributed by atoms with Crippen LogP contribution < -0.4 is 5.32 Å². The molecule has 1 heterocycles. The lowest BCUT2D eigenvalue weighted by Crippen LogP contribution is -2.22. The minimum Gasteiger partial charge on any atom is -0.444 e. The summed E-state index contributed by atoms with van der Waals surface area (Å²) in [6, 6.07) is 8.92. The molecule has 2 aromatic rings. The largest absolute Gasteiger partial charge is 0.444 e. The maximum absolute atomic E-state index is 5.36. The van der Waals surface area contributed by atoms with Gasteiger partial charge in [0.15, 0.2) is 12.2 Å². The molecule has 1 aromatic carbocycles. The molecule has 3 heteroatoms. The van der Waals surface area contributed by atoms with Crippen molar-refractivity contribution in [2.24, 2.45) is 11.3 Å². The van der Waals surface area contributed by atoms with E-state index in [1.54, 1.807) is 6.20 Å². The van der Waals surface area contributed by atoms with Crippen LogP contribution in [0.5, 0.6) is 0 Å². The second-order valence-electron chi connectivity index (χ2n) is 6.75. The van der Waals surface area contributed by atoms with Gasteiger partial charge in [0.25, 0.3) is 0 Å². The molecule has 0 aliphatic heterocycles. The Labute approximate surface area is 120 Å². The van der Waals surface area contributed by atoms with E-state index in [0.717, 1.165) is 17.0 Å². The second kappa shape index (κ2) is 4.97. The van der Waals surface area contributed by atoms with Crippen molar-refractivity contribution in [3.8, 4) is 11.3 Å². The summed E-state index contributed by atoms with van der Waals surface area (Å²) in [6.07, 6.45) is 5.73. The predicted molar refractivity (Wildman–Crippen MR) is 81.5 cm³/mol. The summed E-state index contributed by atoms with van der Waals surface area (Å²) in [6.45, 7) is 7.05. The van der Waals surface area contributed by atoms with E-state index >= 15 is 0 Å². The molecule has 0 spiro atoms. The molecule has 2 atom stereocenters. The third kappa shape index (κ3) is 2.72. The van der Waals surface area contributed by atoms with Gasteiger partial charge in [-0.2, -0.15) is 0 Å². The number of hydrogen-bond donors (Lipinski definition) is 1. The van der Waals surface area contributed by atoms with Gasteiger partial charge in [-0.25, -0.2) is 4.98 Å². The first-order chi connectivity index (χ1) is 9.53. The van der Waals surface area contributed by atoms with Crippen LogP contribution >= 0.6 is 0 Å². The van der Waals surface area contributed by atoms with Crippen molar-refractivity contribution < 1.29 is 4.42 Å². The summed E-state index contributed by atoms with van der Waals surface area (Å²) in [5.41, 5.74) is 2.67. The number of oxazole rings is 1. The highest BCUT2D eigenvalue weighted by Crippen LogP contribution is 2.42. The molecule has 0 bridgehead atoms. The van der Waals surface area contributed by atoms with Crippen molar-refractivity contribution in [2.75, 3.05) is 5.32 Å². The highest BCUT2D eigenvalue weighted by molar-refractivity contribution is 5.63. The van der Waals surface area contributed by atoms with Gasteiger partial charge < -0.3 is 9.73 Å². The van der Waals surface area contributed by atoms with Crippen LogP contribution in [-0.4, -0.2) is 11.0 Å². The van der Waals surface area contributed by atoms with E-state index in [1.165, 1.54) is 19.2 Å². The summed E-state index contributed by atoms with van der Waals surface area (Å²) in [4.78, 5) is 3.98. The molecule has 0 amide bonds. The number of anilines is 1. The fraction of sp³-hybridized carbons (Fsp3) is 0.471. The summed E-state index contributed by atoms with van der Waals surface area (Å²) >= 11 is 0. The molecule has 1 aromatic heterocycles. The first-order valence-electron chi connectivity index (χ1n) is 7.29. The molecule has 20 heavy (non-hydrogen) atoms. The van der Waals surface area contributed by atoms with Crippen LogP contribution in [-0.2, 0) is 0 Å². The monoisotopic (exact) mass is 270 g/mol. The van der Waals surface area contributed by atoms with Crippen molar-refractivity contribution in [1.29, 1.82) is 0 Å². The highest BCUT2D eigenvalue weighted by Gasteiger charge is 2.36. The molecule has 1 fully saturated rings. The lowest BCUT2D eigenvalue weighted by molar-refractivity contribution is 0.366. The van der Waals surface area contributed by atoms with Gasteiger partial charge in [-0.3, -0.25) is 0 Å². The quantitative estimate of drug-likeness (QED) is 0.887. The van der Waals surface area contributed by atoms with Gasteiger partial charge in [0, 0.05) is 17.3 Å². The average molecular weight is 270 g/mol. The van der Waals surface area contributed by atoms with Gasteiger partial charge in [-0.1, -0.05) is 32.9 Å². The van der Waals surface area contributed by atoms with Crippen molar-refractivity contribution in [3.63, 3.8) is 0 Å². The molecule has 1 saturated carbocycles. The van der Waals surface area contributed by atoms with E-state index in [4.69, 9.17) is 4.42 Å². The molecule has 106 valence electrons. The van der Waals surface area contributed by atoms with Gasteiger partial charge in [0.2, 0.25) is 0 Å². The molecule has 0 saturated heterocycles. The minimum absolute atomic E-state index is 0.444. The second-order valence-corrected chi connectivity index (χ2v) is 6.75. The lowest BCUT2D eigenvalue weighted by Gasteiger charge is -2.20. The Hall–Kier alpha value is -1.77. The number of nitrogens with zero attached hydrogens (tertiary/aromatic N) is 1. The molecule has 1 N–H and O–H groups in total. The van der Waals surface area contributed by atoms with Crippen molar-refractivity contribution in [3.05, 3.63) is 36.9 Å². The zero-order valence-electron chi connectivity index (χ0n) is 12.4. The standard InChI is InChI=1S/C17H22N2O/c1-12-8-17(2,3)9-15(12)19-14-6-4-5-13(7-14)16-10-18-11-20-16/h4-7,10-12,15,19H,8-9H2,1-3H3. The number of hydrogen-bond acceptors (Lipinski definition) is 3. The number of nitrogens with one attached hydrogen (secondary N) is 1. The van der Waals surface area contributed by atoms with Gasteiger partial charge in [0.1, 0.15) is 0 Å². The van der Waals surface area contributed by atoms with Gasteiger partial charge in [-0.05, 0) is 36.3 Å². The van der Waals surface area contributed by atoms with E-state index in [0.29, 0.717) is 17.4 Å². The van der Waals surface area contributed by atoms with Gasteiger partial charge in [-0.15, -0.1) is 0 Å². The Kier molecular flexibility index (Phi) is 3.28. The first kappa shape index (κ1) is 13.2. The summed E-state index contributed by atoms with van der Waals surface area (Å²) in [5.74, 6) is 1.52. The Bertz CT molecular complexity index is 574. The van der Waals surface area contributed by atoms with Crippen LogP contribution in [0.2, 0.25) is 0 Å². The molecule has 1 aliphatic rings. The van der Waals surface area contributed by atoms with Crippen LogP contribution in [0.25, 0.3) is 11.3 Å². The van der Waals surface area contributed by atoms with E-state index in [9.17, 15) is 0 Å². The number of rotatable bonds is 3. The van der Waals surface area contributed by atoms with Crippen molar-refractivity contribution in [2.45, 2.75) is 39.7 Å². The minimum atomic E-state index is 0.444. The van der Waals surface area contributed by atoms with Crippen molar-refractivity contribution in [1.82, 2.24) is 4.98 Å². The predicted octanol–water partition coefficient (Wildman–Crippen LogP) is 4.58. The summed E-state index contributed by atoms with van der Waals surface area (Å²) in [5, 5.41) is 3.69. The third-order valence-electron chi connectivity index (χ3n) is 4.27. The molecule has 0 radical (unpaired) electrons. The molecule has 3 nitrogen and oxygen atoms in total. The topological polar surface area (TPSA) is 38.1 Å². The summed E-state index contributed by atoms with van der Waals surface area (Å²) < 4.78 is 5.36. The van der Waals surface area contributed by atoms with Crippen LogP contribution in [0.1, 0.15) is 33.6 Å². The summed E-state index contributed by atoms with van der Waals surface area (Å²) in [7, 11) is 0. The number of benzene rings is 1. The molecular weight excluding hydrogens is 248 g/mol. The zero-order chi connectivity index (χ0) is 14.2. The third-order valence-corrected chi connectivity index (χ3v) is 4.27. The molecule has 2 unspecified atom stereocenters. The van der Waals surface area contributed by atoms with Crippen LogP contribution in [0.4, 0.5) is 5.69 Å². The number of aromatic nitrogens is 1. The van der Waals surface area contributed by atoms with Gasteiger partial charge in [0.05, 0.1) is 6.20 Å². The zero-order valence-corrected chi connectivity index (χ0v) is 12.4. The van der Waals surface area contributed by atoms with Crippen LogP contribution in [0.3, 0.4) is 0 Å². The first-order valence-corrected chi connectivity index (χ1v) is 7.29. The Morgan fingerprint density at radius 3 is 2.80 bits per heavy atom. The van der Waals surface area contributed by atoms with Crippen LogP contribution in [0, 0.1) is 11.3 Å². The van der Waals surface area contributed by atoms with Crippen molar-refractivity contribution >= 4 is 5.69 Å². The van der Waals surface area contributed by atoms with E-state index < -0.39 is 0 Å². The Morgan fingerprint density at radius 1 is 1.30 bits per heavy atom. The van der Waals surface area contributed by atoms with E-state index in [1.807, 2.05) is 6.07 Å². The van der Waals surface area contributed by atoms with E-state index in [2.05, 4.69) is 49.3 Å².